The zero-order valence-electron chi connectivity index (χ0n) is 11.9. The van der Waals surface area contributed by atoms with Gasteiger partial charge < -0.3 is 14.4 Å². The smallest absolute Gasteiger partial charge is 0.145 e. The third-order valence-electron chi connectivity index (χ3n) is 3.16. The first-order chi connectivity index (χ1) is 10.1. The summed E-state index contributed by atoms with van der Waals surface area (Å²) in [5.74, 6) is 0.587. The van der Waals surface area contributed by atoms with E-state index < -0.39 is 0 Å². The molecule has 1 aromatic carbocycles. The van der Waals surface area contributed by atoms with Crippen molar-refractivity contribution in [2.75, 3.05) is 13.2 Å². The third kappa shape index (κ3) is 3.40. The molecule has 2 rings (SSSR count). The summed E-state index contributed by atoms with van der Waals surface area (Å²) in [4.78, 5) is 0. The fourth-order valence-corrected chi connectivity index (χ4v) is 2.85. The summed E-state index contributed by atoms with van der Waals surface area (Å²) in [7, 11) is 0. The van der Waals surface area contributed by atoms with Crippen LogP contribution >= 0.6 is 23.2 Å². The number of aromatic nitrogens is 1. The van der Waals surface area contributed by atoms with Gasteiger partial charge in [-0.25, -0.2) is 0 Å². The summed E-state index contributed by atoms with van der Waals surface area (Å²) in [6.45, 7) is 4.35. The first-order valence-electron chi connectivity index (χ1n) is 6.75. The van der Waals surface area contributed by atoms with Crippen LogP contribution in [0.1, 0.15) is 31.3 Å². The summed E-state index contributed by atoms with van der Waals surface area (Å²) >= 11 is 12.5. The van der Waals surface area contributed by atoms with Crippen molar-refractivity contribution in [3.8, 4) is 11.3 Å². The Balaban J connectivity index is 2.58. The Morgan fingerprint density at radius 2 is 2.00 bits per heavy atom. The number of aliphatic hydroxyl groups excluding tert-OH is 1. The van der Waals surface area contributed by atoms with E-state index in [1.807, 2.05) is 13.8 Å². The molecule has 4 nitrogen and oxygen atoms in total. The van der Waals surface area contributed by atoms with Crippen LogP contribution < -0.4 is 0 Å². The predicted molar refractivity (Wildman–Crippen MR) is 82.8 cm³/mol. The lowest BCUT2D eigenvalue weighted by molar-refractivity contribution is 0.0751. The highest BCUT2D eigenvalue weighted by atomic mass is 35.5. The van der Waals surface area contributed by atoms with Gasteiger partial charge in [0.2, 0.25) is 0 Å². The lowest BCUT2D eigenvalue weighted by Crippen LogP contribution is -2.04. The van der Waals surface area contributed by atoms with E-state index in [2.05, 4.69) is 5.16 Å². The van der Waals surface area contributed by atoms with Gasteiger partial charge in [-0.1, -0.05) is 34.4 Å². The molecule has 2 aromatic rings. The SMILES string of the molecule is CCOC(C)c1c(-c2c(Cl)cccc2Cl)noc1CCO. The maximum Gasteiger partial charge on any atom is 0.145 e. The second-order valence-electron chi connectivity index (χ2n) is 4.54. The molecule has 0 spiro atoms. The van der Waals surface area contributed by atoms with Crippen LogP contribution in [-0.2, 0) is 11.2 Å². The van der Waals surface area contributed by atoms with Crippen LogP contribution in [-0.4, -0.2) is 23.5 Å². The maximum atomic E-state index is 9.16. The molecule has 0 saturated heterocycles. The molecule has 1 aromatic heterocycles. The Labute approximate surface area is 133 Å². The van der Waals surface area contributed by atoms with Gasteiger partial charge in [0.15, 0.2) is 0 Å². The number of halogens is 2. The highest BCUT2D eigenvalue weighted by molar-refractivity contribution is 6.39. The van der Waals surface area contributed by atoms with Gasteiger partial charge in [0.05, 0.1) is 28.3 Å². The fourth-order valence-electron chi connectivity index (χ4n) is 2.27. The number of rotatable bonds is 6. The quantitative estimate of drug-likeness (QED) is 0.859. The summed E-state index contributed by atoms with van der Waals surface area (Å²) < 4.78 is 11.0. The van der Waals surface area contributed by atoms with Crippen LogP contribution in [0, 0.1) is 0 Å². The number of benzene rings is 1. The van der Waals surface area contributed by atoms with Crippen LogP contribution in [0.25, 0.3) is 11.3 Å². The van der Waals surface area contributed by atoms with Gasteiger partial charge in [-0.15, -0.1) is 0 Å². The minimum absolute atomic E-state index is 0.0310. The molecular formula is C15H17Cl2NO3. The number of nitrogens with zero attached hydrogens (tertiary/aromatic N) is 1. The summed E-state index contributed by atoms with van der Waals surface area (Å²) in [6.07, 6.45) is 0.132. The monoisotopic (exact) mass is 329 g/mol. The summed E-state index contributed by atoms with van der Waals surface area (Å²) in [5.41, 5.74) is 1.96. The molecular weight excluding hydrogens is 313 g/mol. The molecule has 0 saturated carbocycles. The normalized spacial score (nSPS) is 12.6. The average molecular weight is 330 g/mol. The number of hydrogen-bond donors (Lipinski definition) is 1. The van der Waals surface area contributed by atoms with Crippen molar-refractivity contribution < 1.29 is 14.4 Å². The van der Waals surface area contributed by atoms with E-state index in [1.54, 1.807) is 18.2 Å². The second kappa shape index (κ2) is 7.27. The Hall–Kier alpha value is -1.07. The minimum atomic E-state index is -0.231. The first kappa shape index (κ1) is 16.3. The molecule has 0 aliphatic heterocycles. The Morgan fingerprint density at radius 3 is 2.57 bits per heavy atom. The molecule has 0 amide bonds. The third-order valence-corrected chi connectivity index (χ3v) is 3.79. The molecule has 21 heavy (non-hydrogen) atoms. The number of ether oxygens (including phenoxy) is 1. The van der Waals surface area contributed by atoms with Crippen LogP contribution in [0.2, 0.25) is 10.0 Å². The van der Waals surface area contributed by atoms with Crippen molar-refractivity contribution in [3.63, 3.8) is 0 Å². The van der Waals surface area contributed by atoms with Crippen LogP contribution in [0.3, 0.4) is 0 Å². The van der Waals surface area contributed by atoms with Gasteiger partial charge in [-0.2, -0.15) is 0 Å². The second-order valence-corrected chi connectivity index (χ2v) is 5.35. The molecule has 0 fully saturated rings. The van der Waals surface area contributed by atoms with E-state index in [1.165, 1.54) is 0 Å². The van der Waals surface area contributed by atoms with Gasteiger partial charge in [-0.05, 0) is 26.0 Å². The topological polar surface area (TPSA) is 55.5 Å². The van der Waals surface area contributed by atoms with Gasteiger partial charge in [-0.3, -0.25) is 0 Å². The van der Waals surface area contributed by atoms with E-state index in [0.29, 0.717) is 40.1 Å². The molecule has 6 heteroatoms. The van der Waals surface area contributed by atoms with Crippen LogP contribution in [0.15, 0.2) is 22.7 Å². The molecule has 1 unspecified atom stereocenters. The Morgan fingerprint density at radius 1 is 1.33 bits per heavy atom. The molecule has 1 atom stereocenters. The van der Waals surface area contributed by atoms with Crippen molar-refractivity contribution in [2.24, 2.45) is 0 Å². The molecule has 1 heterocycles. The lowest BCUT2D eigenvalue weighted by Gasteiger charge is -2.14. The highest BCUT2D eigenvalue weighted by Crippen LogP contribution is 2.39. The predicted octanol–water partition coefficient (Wildman–Crippen LogP) is 4.28. The number of aliphatic hydroxyl groups is 1. The fraction of sp³-hybridized carbons (Fsp3) is 0.400. The Bertz CT molecular complexity index is 593. The van der Waals surface area contributed by atoms with E-state index in [9.17, 15) is 0 Å². The standard InChI is InChI=1S/C15H17Cl2NO3/c1-3-20-9(2)13-12(7-8-19)21-18-15(13)14-10(16)5-4-6-11(14)17/h4-6,9,19H,3,7-8H2,1-2H3. The van der Waals surface area contributed by atoms with Crippen LogP contribution in [0.4, 0.5) is 0 Å². The molecule has 1 N–H and O–H groups in total. The van der Waals surface area contributed by atoms with E-state index in [-0.39, 0.29) is 12.7 Å². The van der Waals surface area contributed by atoms with Gasteiger partial charge in [0.25, 0.3) is 0 Å². The summed E-state index contributed by atoms with van der Waals surface area (Å²) in [5, 5.41) is 14.3. The number of hydrogen-bond acceptors (Lipinski definition) is 4. The lowest BCUT2D eigenvalue weighted by atomic mass is 10.0. The zero-order valence-corrected chi connectivity index (χ0v) is 13.4. The summed E-state index contributed by atoms with van der Waals surface area (Å²) in [6, 6.07) is 5.27. The van der Waals surface area contributed by atoms with Crippen molar-refractivity contribution >= 4 is 23.2 Å². The van der Waals surface area contributed by atoms with E-state index in [4.69, 9.17) is 37.6 Å². The largest absolute Gasteiger partial charge is 0.396 e. The van der Waals surface area contributed by atoms with Crippen molar-refractivity contribution in [3.05, 3.63) is 39.6 Å². The van der Waals surface area contributed by atoms with Gasteiger partial charge in [0.1, 0.15) is 11.5 Å². The van der Waals surface area contributed by atoms with Gasteiger partial charge in [0, 0.05) is 18.6 Å². The molecule has 0 bridgehead atoms. The van der Waals surface area contributed by atoms with Gasteiger partial charge >= 0.3 is 0 Å². The minimum Gasteiger partial charge on any atom is -0.396 e. The Kier molecular flexibility index (Phi) is 5.65. The van der Waals surface area contributed by atoms with E-state index in [0.717, 1.165) is 5.56 Å². The average Bonchev–Trinajstić information content (AvgIpc) is 2.83. The van der Waals surface area contributed by atoms with Crippen molar-refractivity contribution in [1.29, 1.82) is 0 Å². The van der Waals surface area contributed by atoms with Crippen LogP contribution in [0.5, 0.6) is 0 Å². The first-order valence-corrected chi connectivity index (χ1v) is 7.51. The van der Waals surface area contributed by atoms with Crippen molar-refractivity contribution in [2.45, 2.75) is 26.4 Å². The molecule has 0 radical (unpaired) electrons. The van der Waals surface area contributed by atoms with Crippen molar-refractivity contribution in [1.82, 2.24) is 5.16 Å². The highest BCUT2D eigenvalue weighted by Gasteiger charge is 2.25. The molecule has 114 valence electrons. The zero-order chi connectivity index (χ0) is 15.4. The maximum absolute atomic E-state index is 9.16. The molecule has 0 aliphatic carbocycles. The molecule has 0 aliphatic rings. The van der Waals surface area contributed by atoms with E-state index >= 15 is 0 Å².